The zero-order valence-corrected chi connectivity index (χ0v) is 13.1. The van der Waals surface area contributed by atoms with Gasteiger partial charge in [0.15, 0.2) is 0 Å². The summed E-state index contributed by atoms with van der Waals surface area (Å²) < 4.78 is 25.5. The van der Waals surface area contributed by atoms with Crippen LogP contribution in [0.1, 0.15) is 10.5 Å². The van der Waals surface area contributed by atoms with Gasteiger partial charge in [0.1, 0.15) is 5.69 Å². The van der Waals surface area contributed by atoms with Crippen LogP contribution in [0.3, 0.4) is 0 Å². The molecule has 3 rings (SSSR count). The fourth-order valence-electron chi connectivity index (χ4n) is 2.23. The van der Waals surface area contributed by atoms with E-state index in [1.807, 2.05) is 24.3 Å². The zero-order chi connectivity index (χ0) is 16.4. The highest BCUT2D eigenvalue weighted by Gasteiger charge is 2.12. The van der Waals surface area contributed by atoms with Gasteiger partial charge in [0, 0.05) is 16.6 Å². The summed E-state index contributed by atoms with van der Waals surface area (Å²) in [5.74, 6) is -0.287. The maximum absolute atomic E-state index is 12.2. The van der Waals surface area contributed by atoms with Crippen molar-refractivity contribution in [1.82, 2.24) is 9.71 Å². The Morgan fingerprint density at radius 1 is 1.04 bits per heavy atom. The van der Waals surface area contributed by atoms with Gasteiger partial charge in [0.25, 0.3) is 5.91 Å². The minimum absolute atomic E-state index is 0.142. The molecule has 0 aliphatic rings. The highest BCUT2D eigenvalue weighted by Crippen LogP contribution is 2.17. The van der Waals surface area contributed by atoms with Crippen LogP contribution in [0.15, 0.2) is 59.5 Å². The second-order valence-electron chi connectivity index (χ2n) is 4.96. The Balaban J connectivity index is 1.80. The summed E-state index contributed by atoms with van der Waals surface area (Å²) in [4.78, 5) is 15.4. The topological polar surface area (TPSA) is 91.1 Å². The number of hydrogen-bond donors (Lipinski definition) is 3. The van der Waals surface area contributed by atoms with Crippen molar-refractivity contribution in [3.05, 3.63) is 60.3 Å². The molecule has 3 N–H and O–H groups in total. The average molecular weight is 329 g/mol. The number of carbonyl (C=O) groups is 1. The second-order valence-corrected chi connectivity index (χ2v) is 6.84. The minimum Gasteiger partial charge on any atom is -0.351 e. The average Bonchev–Trinajstić information content (AvgIpc) is 2.99. The number of aromatic nitrogens is 1. The summed E-state index contributed by atoms with van der Waals surface area (Å²) in [6.07, 6.45) is 0. The van der Waals surface area contributed by atoms with Crippen LogP contribution in [0.2, 0.25) is 0 Å². The van der Waals surface area contributed by atoms with Gasteiger partial charge in [-0.3, -0.25) is 4.79 Å². The van der Waals surface area contributed by atoms with Gasteiger partial charge in [-0.05, 0) is 43.4 Å². The number of H-pyrrole nitrogens is 1. The van der Waals surface area contributed by atoms with E-state index in [1.165, 1.54) is 19.2 Å². The molecule has 0 saturated carbocycles. The van der Waals surface area contributed by atoms with E-state index in [4.69, 9.17) is 0 Å². The summed E-state index contributed by atoms with van der Waals surface area (Å²) in [5, 5.41) is 3.68. The molecule has 3 aromatic rings. The molecule has 0 saturated heterocycles. The number of hydrogen-bond acceptors (Lipinski definition) is 3. The first-order valence-electron chi connectivity index (χ1n) is 6.92. The third kappa shape index (κ3) is 3.10. The molecule has 0 spiro atoms. The number of rotatable bonds is 4. The summed E-state index contributed by atoms with van der Waals surface area (Å²) in [7, 11) is -2.13. The number of nitrogens with one attached hydrogen (secondary N) is 3. The number of para-hydroxylation sites is 1. The number of aromatic amines is 1. The summed E-state index contributed by atoms with van der Waals surface area (Å²) in [5.41, 5.74) is 1.84. The van der Waals surface area contributed by atoms with Crippen LogP contribution in [0.5, 0.6) is 0 Å². The molecule has 0 unspecified atom stereocenters. The lowest BCUT2D eigenvalue weighted by molar-refractivity contribution is 0.102. The molecule has 1 aromatic heterocycles. The van der Waals surface area contributed by atoms with Crippen molar-refractivity contribution < 1.29 is 13.2 Å². The van der Waals surface area contributed by atoms with E-state index in [2.05, 4.69) is 15.0 Å². The quantitative estimate of drug-likeness (QED) is 0.686. The molecule has 118 valence electrons. The maximum atomic E-state index is 12.2. The molecule has 1 amide bonds. The fourth-order valence-corrected chi connectivity index (χ4v) is 2.96. The van der Waals surface area contributed by atoms with Crippen molar-refractivity contribution in [3.8, 4) is 0 Å². The maximum Gasteiger partial charge on any atom is 0.272 e. The van der Waals surface area contributed by atoms with Crippen LogP contribution in [0, 0.1) is 0 Å². The standard InChI is InChI=1S/C16H15N3O3S/c1-17-23(21,22)13-8-6-12(7-9-13)18-16(20)15-10-11-4-2-3-5-14(11)19-15/h2-10,17,19H,1H3,(H,18,20). The normalized spacial score (nSPS) is 11.5. The second kappa shape index (κ2) is 5.86. The van der Waals surface area contributed by atoms with E-state index in [9.17, 15) is 13.2 Å². The third-order valence-electron chi connectivity index (χ3n) is 3.47. The summed E-state index contributed by atoms with van der Waals surface area (Å²) in [6, 6.07) is 15.3. The Morgan fingerprint density at radius 2 is 1.74 bits per heavy atom. The fraction of sp³-hybridized carbons (Fsp3) is 0.0625. The molecule has 0 fully saturated rings. The summed E-state index contributed by atoms with van der Waals surface area (Å²) >= 11 is 0. The van der Waals surface area contributed by atoms with Gasteiger partial charge in [0.2, 0.25) is 10.0 Å². The first kappa shape index (κ1) is 15.3. The molecule has 2 aromatic carbocycles. The lowest BCUT2D eigenvalue weighted by atomic mass is 10.2. The lowest BCUT2D eigenvalue weighted by Gasteiger charge is -2.06. The van der Waals surface area contributed by atoms with Crippen molar-refractivity contribution in [1.29, 1.82) is 0 Å². The van der Waals surface area contributed by atoms with Crippen molar-refractivity contribution in [2.45, 2.75) is 4.90 Å². The van der Waals surface area contributed by atoms with Crippen molar-refractivity contribution in [3.63, 3.8) is 0 Å². The van der Waals surface area contributed by atoms with Crippen LogP contribution in [0.4, 0.5) is 5.69 Å². The number of fused-ring (bicyclic) bond motifs is 1. The van der Waals surface area contributed by atoms with Crippen LogP contribution < -0.4 is 10.0 Å². The van der Waals surface area contributed by atoms with Crippen LogP contribution >= 0.6 is 0 Å². The number of anilines is 1. The summed E-state index contributed by atoms with van der Waals surface area (Å²) in [6.45, 7) is 0. The highest BCUT2D eigenvalue weighted by atomic mass is 32.2. The van der Waals surface area contributed by atoms with Gasteiger partial charge in [-0.25, -0.2) is 13.1 Å². The number of benzene rings is 2. The molecule has 0 atom stereocenters. The molecule has 6 nitrogen and oxygen atoms in total. The number of amides is 1. The highest BCUT2D eigenvalue weighted by molar-refractivity contribution is 7.89. The van der Waals surface area contributed by atoms with E-state index in [0.717, 1.165) is 10.9 Å². The van der Waals surface area contributed by atoms with Gasteiger partial charge in [-0.15, -0.1) is 0 Å². The van der Waals surface area contributed by atoms with E-state index in [1.54, 1.807) is 18.2 Å². The zero-order valence-electron chi connectivity index (χ0n) is 12.3. The van der Waals surface area contributed by atoms with Crippen molar-refractivity contribution in [2.75, 3.05) is 12.4 Å². The van der Waals surface area contributed by atoms with Gasteiger partial charge in [-0.1, -0.05) is 18.2 Å². The van der Waals surface area contributed by atoms with Crippen LogP contribution in [-0.2, 0) is 10.0 Å². The largest absolute Gasteiger partial charge is 0.351 e. The third-order valence-corrected chi connectivity index (χ3v) is 4.90. The predicted molar refractivity (Wildman–Crippen MR) is 88.9 cm³/mol. The first-order valence-corrected chi connectivity index (χ1v) is 8.40. The molecule has 1 heterocycles. The Morgan fingerprint density at radius 3 is 2.39 bits per heavy atom. The van der Waals surface area contributed by atoms with E-state index >= 15 is 0 Å². The first-order chi connectivity index (χ1) is 11.0. The number of sulfonamides is 1. The molecule has 0 bridgehead atoms. The molecule has 7 heteroatoms. The minimum atomic E-state index is -3.48. The molecule has 0 aliphatic carbocycles. The Kier molecular flexibility index (Phi) is 3.89. The van der Waals surface area contributed by atoms with Gasteiger partial charge < -0.3 is 10.3 Å². The SMILES string of the molecule is CNS(=O)(=O)c1ccc(NC(=O)c2cc3ccccc3[nH]2)cc1. The Labute approximate surface area is 133 Å². The number of carbonyl (C=O) groups excluding carboxylic acids is 1. The lowest BCUT2D eigenvalue weighted by Crippen LogP contribution is -2.18. The monoisotopic (exact) mass is 329 g/mol. The van der Waals surface area contributed by atoms with E-state index in [-0.39, 0.29) is 10.8 Å². The van der Waals surface area contributed by atoms with Crippen molar-refractivity contribution >= 4 is 32.5 Å². The van der Waals surface area contributed by atoms with Gasteiger partial charge in [0.05, 0.1) is 4.90 Å². The molecule has 0 radical (unpaired) electrons. The van der Waals surface area contributed by atoms with Crippen LogP contribution in [0.25, 0.3) is 10.9 Å². The van der Waals surface area contributed by atoms with Crippen molar-refractivity contribution in [2.24, 2.45) is 0 Å². The van der Waals surface area contributed by atoms with Gasteiger partial charge in [-0.2, -0.15) is 0 Å². The van der Waals surface area contributed by atoms with Gasteiger partial charge >= 0.3 is 0 Å². The predicted octanol–water partition coefficient (Wildman–Crippen LogP) is 2.33. The Bertz CT molecular complexity index is 927. The molecule has 23 heavy (non-hydrogen) atoms. The smallest absolute Gasteiger partial charge is 0.272 e. The molecular formula is C16H15N3O3S. The molecule has 0 aliphatic heterocycles. The molecular weight excluding hydrogens is 314 g/mol. The van der Waals surface area contributed by atoms with E-state index < -0.39 is 10.0 Å². The van der Waals surface area contributed by atoms with Crippen LogP contribution in [-0.4, -0.2) is 26.4 Å². The van der Waals surface area contributed by atoms with E-state index in [0.29, 0.717) is 11.4 Å². The Hall–Kier alpha value is -2.64.